The molecular formula is C6H11N. The van der Waals surface area contributed by atoms with Crippen molar-refractivity contribution in [1.29, 1.82) is 0 Å². The van der Waals surface area contributed by atoms with Crippen LogP contribution in [-0.2, 0) is 0 Å². The molecule has 1 aliphatic rings. The normalized spacial score (nSPS) is 30.6. The fourth-order valence-electron chi connectivity index (χ4n) is 0.923. The van der Waals surface area contributed by atoms with Gasteiger partial charge in [-0.1, -0.05) is 0 Å². The third kappa shape index (κ3) is 1.02. The molecule has 0 bridgehead atoms. The van der Waals surface area contributed by atoms with Crippen molar-refractivity contribution in [3.8, 4) is 0 Å². The second kappa shape index (κ2) is 1.65. The maximum atomic E-state index is 4.31. The molecule has 7 heavy (non-hydrogen) atoms. The second-order valence-corrected chi connectivity index (χ2v) is 2.25. The summed E-state index contributed by atoms with van der Waals surface area (Å²) in [7, 11) is 0. The van der Waals surface area contributed by atoms with Crippen molar-refractivity contribution in [3.05, 3.63) is 0 Å². The van der Waals surface area contributed by atoms with Crippen LogP contribution in [0.2, 0.25) is 0 Å². The quantitative estimate of drug-likeness (QED) is 0.435. The van der Waals surface area contributed by atoms with E-state index in [2.05, 4.69) is 18.8 Å². The van der Waals surface area contributed by atoms with Gasteiger partial charge in [-0.05, 0) is 26.7 Å². The molecule has 1 heteroatoms. The molecule has 1 rings (SSSR count). The minimum Gasteiger partial charge on any atom is -0.291 e. The predicted molar refractivity (Wildman–Crippen MR) is 31.8 cm³/mol. The van der Waals surface area contributed by atoms with Crippen molar-refractivity contribution in [2.24, 2.45) is 4.99 Å². The summed E-state index contributed by atoms with van der Waals surface area (Å²) in [6, 6.07) is 0.611. The van der Waals surface area contributed by atoms with Crippen molar-refractivity contribution in [2.75, 3.05) is 0 Å². The molecule has 0 fully saturated rings. The molecule has 0 aromatic rings. The lowest BCUT2D eigenvalue weighted by Crippen LogP contribution is -1.86. The minimum absolute atomic E-state index is 0.611. The first-order chi connectivity index (χ1) is 3.29. The van der Waals surface area contributed by atoms with E-state index in [4.69, 9.17) is 0 Å². The molecule has 0 radical (unpaired) electrons. The van der Waals surface area contributed by atoms with E-state index >= 15 is 0 Å². The van der Waals surface area contributed by atoms with E-state index in [1.165, 1.54) is 18.6 Å². The Labute approximate surface area is 44.5 Å². The highest BCUT2D eigenvalue weighted by atomic mass is 14.8. The molecule has 0 aromatic carbocycles. The number of rotatable bonds is 0. The summed E-state index contributed by atoms with van der Waals surface area (Å²) in [6.07, 6.45) is 2.49. The topological polar surface area (TPSA) is 12.4 Å². The smallest absolute Gasteiger partial charge is 0.0474 e. The van der Waals surface area contributed by atoms with E-state index in [0.29, 0.717) is 6.04 Å². The summed E-state index contributed by atoms with van der Waals surface area (Å²) < 4.78 is 0. The zero-order valence-electron chi connectivity index (χ0n) is 4.94. The predicted octanol–water partition coefficient (Wildman–Crippen LogP) is 1.63. The first-order valence-corrected chi connectivity index (χ1v) is 2.82. The van der Waals surface area contributed by atoms with Gasteiger partial charge in [0.05, 0.1) is 0 Å². The summed E-state index contributed by atoms with van der Waals surface area (Å²) in [5.41, 5.74) is 1.33. The lowest BCUT2D eigenvalue weighted by molar-refractivity contribution is 0.739. The van der Waals surface area contributed by atoms with Gasteiger partial charge in [-0.2, -0.15) is 0 Å². The van der Waals surface area contributed by atoms with Crippen LogP contribution in [0.15, 0.2) is 4.99 Å². The molecule has 1 heterocycles. The van der Waals surface area contributed by atoms with E-state index < -0.39 is 0 Å². The van der Waals surface area contributed by atoms with Gasteiger partial charge in [0.1, 0.15) is 0 Å². The highest BCUT2D eigenvalue weighted by Gasteiger charge is 2.07. The lowest BCUT2D eigenvalue weighted by atomic mass is 10.2. The second-order valence-electron chi connectivity index (χ2n) is 2.25. The van der Waals surface area contributed by atoms with Gasteiger partial charge in [0.2, 0.25) is 0 Å². The van der Waals surface area contributed by atoms with Crippen LogP contribution in [0.3, 0.4) is 0 Å². The Balaban J connectivity index is 2.50. The summed E-state index contributed by atoms with van der Waals surface area (Å²) in [5, 5.41) is 0. The van der Waals surface area contributed by atoms with Crippen LogP contribution in [0.4, 0.5) is 0 Å². The molecule has 0 amide bonds. The molecular weight excluding hydrogens is 86.1 g/mol. The lowest BCUT2D eigenvalue weighted by Gasteiger charge is -1.88. The van der Waals surface area contributed by atoms with E-state index in [9.17, 15) is 0 Å². The molecule has 1 nitrogen and oxygen atoms in total. The Kier molecular flexibility index (Phi) is 1.13. The maximum Gasteiger partial charge on any atom is 0.0474 e. The van der Waals surface area contributed by atoms with Gasteiger partial charge in [0.15, 0.2) is 0 Å². The highest BCUT2D eigenvalue weighted by Crippen LogP contribution is 2.10. The van der Waals surface area contributed by atoms with Gasteiger partial charge in [0.25, 0.3) is 0 Å². The maximum absolute atomic E-state index is 4.31. The van der Waals surface area contributed by atoms with Crippen LogP contribution in [0, 0.1) is 0 Å². The molecule has 0 saturated carbocycles. The van der Waals surface area contributed by atoms with E-state index in [-0.39, 0.29) is 0 Å². The molecule has 40 valence electrons. The molecule has 1 atom stereocenters. The molecule has 0 spiro atoms. The Hall–Kier alpha value is -0.330. The van der Waals surface area contributed by atoms with Crippen LogP contribution in [0.5, 0.6) is 0 Å². The van der Waals surface area contributed by atoms with E-state index in [1.54, 1.807) is 0 Å². The molecule has 0 aliphatic carbocycles. The summed E-state index contributed by atoms with van der Waals surface area (Å²) >= 11 is 0. The Morgan fingerprint density at radius 1 is 1.71 bits per heavy atom. The Morgan fingerprint density at radius 2 is 2.43 bits per heavy atom. The van der Waals surface area contributed by atoms with Crippen molar-refractivity contribution < 1.29 is 0 Å². The Morgan fingerprint density at radius 3 is 2.57 bits per heavy atom. The molecule has 1 unspecified atom stereocenters. The van der Waals surface area contributed by atoms with E-state index in [0.717, 1.165) is 0 Å². The monoisotopic (exact) mass is 97.1 g/mol. The zero-order valence-corrected chi connectivity index (χ0v) is 4.94. The van der Waals surface area contributed by atoms with Crippen molar-refractivity contribution in [2.45, 2.75) is 32.7 Å². The van der Waals surface area contributed by atoms with Crippen molar-refractivity contribution in [3.63, 3.8) is 0 Å². The highest BCUT2D eigenvalue weighted by molar-refractivity contribution is 5.83. The molecule has 0 saturated heterocycles. The van der Waals surface area contributed by atoms with Crippen LogP contribution in [0.1, 0.15) is 26.7 Å². The summed E-state index contributed by atoms with van der Waals surface area (Å²) in [5.74, 6) is 0. The third-order valence-corrected chi connectivity index (χ3v) is 1.36. The number of nitrogens with zero attached hydrogens (tertiary/aromatic N) is 1. The molecule has 0 aromatic heterocycles. The fraction of sp³-hybridized carbons (Fsp3) is 0.833. The minimum atomic E-state index is 0.611. The largest absolute Gasteiger partial charge is 0.291 e. The molecule has 1 aliphatic heterocycles. The number of hydrogen-bond donors (Lipinski definition) is 0. The molecule has 0 N–H and O–H groups in total. The van der Waals surface area contributed by atoms with Crippen LogP contribution in [-0.4, -0.2) is 11.8 Å². The first-order valence-electron chi connectivity index (χ1n) is 2.82. The fourth-order valence-corrected chi connectivity index (χ4v) is 0.923. The van der Waals surface area contributed by atoms with Gasteiger partial charge in [-0.25, -0.2) is 0 Å². The summed E-state index contributed by atoms with van der Waals surface area (Å²) in [6.45, 7) is 4.26. The average Bonchev–Trinajstić information content (AvgIpc) is 1.87. The summed E-state index contributed by atoms with van der Waals surface area (Å²) in [4.78, 5) is 4.31. The van der Waals surface area contributed by atoms with Crippen molar-refractivity contribution in [1.82, 2.24) is 0 Å². The number of hydrogen-bond acceptors (Lipinski definition) is 1. The third-order valence-electron chi connectivity index (χ3n) is 1.36. The average molecular weight is 97.2 g/mol. The standard InChI is InChI=1S/C6H11N/c1-5-3-4-6(2)7-5/h5H,3-4H2,1-2H3. The Bertz CT molecular complexity index is 94.4. The van der Waals surface area contributed by atoms with Crippen LogP contribution >= 0.6 is 0 Å². The van der Waals surface area contributed by atoms with Gasteiger partial charge < -0.3 is 0 Å². The van der Waals surface area contributed by atoms with Crippen molar-refractivity contribution >= 4 is 5.71 Å². The van der Waals surface area contributed by atoms with Gasteiger partial charge >= 0.3 is 0 Å². The van der Waals surface area contributed by atoms with E-state index in [1.807, 2.05) is 0 Å². The number of aliphatic imine (C=N–C) groups is 1. The van der Waals surface area contributed by atoms with Gasteiger partial charge in [-0.3, -0.25) is 4.99 Å². The zero-order chi connectivity index (χ0) is 5.28. The first kappa shape index (κ1) is 4.82. The van der Waals surface area contributed by atoms with Gasteiger partial charge in [-0.15, -0.1) is 0 Å². The van der Waals surface area contributed by atoms with Gasteiger partial charge in [0, 0.05) is 11.8 Å². The SMILES string of the molecule is CC1=NC(C)CC1. The van der Waals surface area contributed by atoms with Crippen LogP contribution in [0.25, 0.3) is 0 Å². The van der Waals surface area contributed by atoms with Crippen LogP contribution < -0.4 is 0 Å².